The van der Waals surface area contributed by atoms with Crippen molar-refractivity contribution in [3.05, 3.63) is 93.8 Å². The number of piperidine rings is 2. The minimum Gasteiger partial charge on any atom is -0.371 e. The average Bonchev–Trinajstić information content (AvgIpc) is 3.66. The lowest BCUT2D eigenvalue weighted by Gasteiger charge is -2.51. The van der Waals surface area contributed by atoms with Crippen molar-refractivity contribution in [1.82, 2.24) is 15.1 Å². The van der Waals surface area contributed by atoms with Gasteiger partial charge >= 0.3 is 0 Å². The molecule has 0 saturated carbocycles. The van der Waals surface area contributed by atoms with Crippen LogP contribution in [0.3, 0.4) is 0 Å². The molecule has 5 amide bonds. The van der Waals surface area contributed by atoms with Crippen LogP contribution >= 0.6 is 11.6 Å². The quantitative estimate of drug-likeness (QED) is 0.277. The zero-order chi connectivity index (χ0) is 37.3. The van der Waals surface area contributed by atoms with Crippen LogP contribution in [0.2, 0.25) is 5.02 Å². The molecule has 6 aliphatic rings. The van der Waals surface area contributed by atoms with E-state index in [1.165, 1.54) is 0 Å². The molecule has 0 aliphatic carbocycles. The molecule has 276 valence electrons. The van der Waals surface area contributed by atoms with Gasteiger partial charge in [0.1, 0.15) is 6.04 Å². The highest BCUT2D eigenvalue weighted by molar-refractivity contribution is 6.33. The Bertz CT molecular complexity index is 2130. The molecule has 3 aromatic carbocycles. The van der Waals surface area contributed by atoms with Gasteiger partial charge in [-0.3, -0.25) is 34.2 Å². The number of fused-ring (bicyclic) bond motifs is 1. The van der Waals surface area contributed by atoms with E-state index in [2.05, 4.69) is 37.0 Å². The predicted molar refractivity (Wildman–Crippen MR) is 203 cm³/mol. The fraction of sp³-hybridized carbons (Fsp3) is 0.415. The number of anilines is 3. The number of likely N-dealkylation sites (tertiary alicyclic amines) is 1. The highest BCUT2D eigenvalue weighted by Gasteiger charge is 2.46. The lowest BCUT2D eigenvalue weighted by atomic mass is 9.77. The van der Waals surface area contributed by atoms with E-state index in [9.17, 15) is 24.0 Å². The lowest BCUT2D eigenvalue weighted by Crippen LogP contribution is -2.60. The molecule has 13 heteroatoms. The van der Waals surface area contributed by atoms with E-state index in [0.717, 1.165) is 93.6 Å². The number of hydrogen-bond donors (Lipinski definition) is 1. The summed E-state index contributed by atoms with van der Waals surface area (Å²) in [5.74, 6) is -1.12. The Morgan fingerprint density at radius 2 is 1.39 bits per heavy atom. The second-order valence-corrected chi connectivity index (χ2v) is 16.2. The molecule has 6 aliphatic heterocycles. The average molecular weight is 746 g/mol. The number of amides is 5. The molecule has 1 spiro atoms. The van der Waals surface area contributed by atoms with E-state index < -0.39 is 29.7 Å². The van der Waals surface area contributed by atoms with Gasteiger partial charge in [-0.05, 0) is 85.7 Å². The first kappa shape index (κ1) is 34.4. The highest BCUT2D eigenvalue weighted by Crippen LogP contribution is 2.44. The van der Waals surface area contributed by atoms with Crippen molar-refractivity contribution in [3.63, 3.8) is 0 Å². The van der Waals surface area contributed by atoms with Crippen LogP contribution in [0.25, 0.3) is 4.85 Å². The van der Waals surface area contributed by atoms with Gasteiger partial charge in [-0.1, -0.05) is 17.7 Å². The van der Waals surface area contributed by atoms with Crippen molar-refractivity contribution < 1.29 is 24.0 Å². The molecule has 0 radical (unpaired) electrons. The van der Waals surface area contributed by atoms with Gasteiger partial charge in [0.05, 0.1) is 17.7 Å². The first-order valence-electron chi connectivity index (χ1n) is 18.8. The summed E-state index contributed by atoms with van der Waals surface area (Å²) in [4.78, 5) is 77.0. The molecular weight excluding hydrogens is 706 g/mol. The zero-order valence-corrected chi connectivity index (χ0v) is 30.6. The van der Waals surface area contributed by atoms with E-state index in [-0.39, 0.29) is 35.3 Å². The fourth-order valence-corrected chi connectivity index (χ4v) is 9.45. The monoisotopic (exact) mass is 745 g/mol. The summed E-state index contributed by atoms with van der Waals surface area (Å²) in [5, 5.41) is 2.74. The first-order chi connectivity index (χ1) is 26.1. The van der Waals surface area contributed by atoms with Crippen LogP contribution in [0.4, 0.5) is 22.7 Å². The second kappa shape index (κ2) is 13.2. The summed E-state index contributed by atoms with van der Waals surface area (Å²) >= 11 is 6.33. The molecule has 0 aromatic heterocycles. The molecule has 1 N–H and O–H groups in total. The van der Waals surface area contributed by atoms with Crippen LogP contribution in [0.1, 0.15) is 63.2 Å². The smallest absolute Gasteiger partial charge is 0.262 e. The topological polar surface area (TPSA) is 118 Å². The summed E-state index contributed by atoms with van der Waals surface area (Å²) < 4.78 is 0. The molecule has 6 heterocycles. The maximum atomic E-state index is 13.4. The first-order valence-corrected chi connectivity index (χ1v) is 19.1. The van der Waals surface area contributed by atoms with Crippen LogP contribution in [-0.4, -0.2) is 97.7 Å². The van der Waals surface area contributed by atoms with Gasteiger partial charge in [-0.15, -0.1) is 0 Å². The standard InChI is InChI=1S/C41H40ClN7O5/c1-43-34-9-7-30(19-33(34)42)46-17-14-41(24-46)12-15-45(16-13-41)28-4-2-25(3-5-28)38(52)48-22-27(23-48)26-20-47(21-26)29-6-8-31-32(18-29)40(54)49(39(31)53)35-10-11-36(50)44-37(35)51/h2-9,18-19,26-27,35H,10-17,20-24H2,(H,44,50,51). The molecule has 5 fully saturated rings. The van der Waals surface area contributed by atoms with Gasteiger partial charge in [0.25, 0.3) is 17.7 Å². The third-order valence-corrected chi connectivity index (χ3v) is 13.0. The van der Waals surface area contributed by atoms with E-state index in [1.54, 1.807) is 12.1 Å². The van der Waals surface area contributed by atoms with Gasteiger partial charge in [0.2, 0.25) is 17.5 Å². The van der Waals surface area contributed by atoms with Crippen LogP contribution < -0.4 is 20.0 Å². The highest BCUT2D eigenvalue weighted by atomic mass is 35.5. The Kier molecular flexibility index (Phi) is 8.38. The van der Waals surface area contributed by atoms with Crippen molar-refractivity contribution in [2.24, 2.45) is 17.3 Å². The number of carbonyl (C=O) groups is 5. The Hall–Kier alpha value is -5.41. The summed E-state index contributed by atoms with van der Waals surface area (Å²) in [6.45, 7) is 14.3. The Morgan fingerprint density at radius 1 is 0.759 bits per heavy atom. The number of nitrogens with one attached hydrogen (secondary N) is 1. The molecule has 12 nitrogen and oxygen atoms in total. The molecule has 54 heavy (non-hydrogen) atoms. The molecule has 1 unspecified atom stereocenters. The van der Waals surface area contributed by atoms with Gasteiger partial charge in [-0.25, -0.2) is 4.85 Å². The minimum atomic E-state index is -0.981. The largest absolute Gasteiger partial charge is 0.371 e. The van der Waals surface area contributed by atoms with Gasteiger partial charge in [0.15, 0.2) is 0 Å². The maximum absolute atomic E-state index is 13.4. The summed E-state index contributed by atoms with van der Waals surface area (Å²) in [6.07, 6.45) is 3.58. The maximum Gasteiger partial charge on any atom is 0.262 e. The van der Waals surface area contributed by atoms with Crippen LogP contribution in [-0.2, 0) is 9.59 Å². The third kappa shape index (κ3) is 5.86. The van der Waals surface area contributed by atoms with E-state index in [1.807, 2.05) is 41.3 Å². The van der Waals surface area contributed by atoms with Crippen molar-refractivity contribution >= 4 is 63.9 Å². The predicted octanol–water partition coefficient (Wildman–Crippen LogP) is 5.00. The van der Waals surface area contributed by atoms with Crippen molar-refractivity contribution in [3.8, 4) is 0 Å². The Morgan fingerprint density at radius 3 is 2.07 bits per heavy atom. The molecule has 3 aromatic rings. The van der Waals surface area contributed by atoms with Gasteiger partial charge in [0, 0.05) is 98.3 Å². The molecule has 9 rings (SSSR count). The SMILES string of the molecule is [C-]#[N+]c1ccc(N2CCC3(CCN(c4ccc(C(=O)N5CC(C6CN(c7ccc8c(c7)C(=O)N(C7CCC(=O)NC7=O)C8=O)C6)C5)cc4)CC3)C2)cc1Cl. The van der Waals surface area contributed by atoms with Crippen LogP contribution in [0.5, 0.6) is 0 Å². The number of halogens is 1. The number of benzene rings is 3. The van der Waals surface area contributed by atoms with Crippen molar-refractivity contribution in [2.45, 2.75) is 38.1 Å². The number of carbonyl (C=O) groups excluding carboxylic acids is 5. The van der Waals surface area contributed by atoms with E-state index in [0.29, 0.717) is 28.1 Å². The van der Waals surface area contributed by atoms with E-state index >= 15 is 0 Å². The van der Waals surface area contributed by atoms with Gasteiger partial charge < -0.3 is 19.6 Å². The summed E-state index contributed by atoms with van der Waals surface area (Å²) in [7, 11) is 0. The number of rotatable bonds is 6. The second-order valence-electron chi connectivity index (χ2n) is 15.8. The van der Waals surface area contributed by atoms with Crippen LogP contribution in [0, 0.1) is 23.8 Å². The number of hydrogen-bond acceptors (Lipinski definition) is 8. The molecule has 0 bridgehead atoms. The molecular formula is C41H40ClN7O5. The molecule has 5 saturated heterocycles. The number of imide groups is 2. The van der Waals surface area contributed by atoms with Crippen LogP contribution in [0.15, 0.2) is 60.7 Å². The Labute approximate surface area is 318 Å². The van der Waals surface area contributed by atoms with Crippen molar-refractivity contribution in [1.29, 1.82) is 0 Å². The minimum absolute atomic E-state index is 0.0597. The summed E-state index contributed by atoms with van der Waals surface area (Å²) in [5.41, 5.74) is 5.14. The Balaban J connectivity index is 0.740. The summed E-state index contributed by atoms with van der Waals surface area (Å²) in [6, 6.07) is 18.0. The zero-order valence-electron chi connectivity index (χ0n) is 29.8. The number of nitrogens with zero attached hydrogens (tertiary/aromatic N) is 6. The van der Waals surface area contributed by atoms with E-state index in [4.69, 9.17) is 18.2 Å². The van der Waals surface area contributed by atoms with Gasteiger partial charge in [-0.2, -0.15) is 0 Å². The lowest BCUT2D eigenvalue weighted by molar-refractivity contribution is -0.136. The normalized spacial score (nSPS) is 22.7. The van der Waals surface area contributed by atoms with Crippen molar-refractivity contribution in [2.75, 3.05) is 67.1 Å². The fourth-order valence-electron chi connectivity index (χ4n) is 9.24. The molecule has 1 atom stereocenters. The third-order valence-electron chi connectivity index (χ3n) is 12.7.